The lowest BCUT2D eigenvalue weighted by molar-refractivity contribution is 0.289. The highest BCUT2D eigenvalue weighted by Gasteiger charge is 2.27. The average molecular weight is 277 g/mol. The molecule has 0 aromatic heterocycles. The van der Waals surface area contributed by atoms with E-state index < -0.39 is 0 Å². The lowest BCUT2D eigenvalue weighted by Gasteiger charge is -2.20. The summed E-state index contributed by atoms with van der Waals surface area (Å²) in [5, 5.41) is 3.45. The molecule has 0 bridgehead atoms. The minimum atomic E-state index is 0.730. The number of nitrogens with two attached hydrogens (primary N) is 1. The number of anilines is 2. The Morgan fingerprint density at radius 3 is 2.75 bits per heavy atom. The van der Waals surface area contributed by atoms with Crippen molar-refractivity contribution in [1.29, 1.82) is 0 Å². The summed E-state index contributed by atoms with van der Waals surface area (Å²) in [5.74, 6) is 0.851. The second kappa shape index (κ2) is 7.39. The van der Waals surface area contributed by atoms with Gasteiger partial charge in [0, 0.05) is 42.6 Å². The van der Waals surface area contributed by atoms with Gasteiger partial charge in [-0.15, -0.1) is 0 Å². The van der Waals surface area contributed by atoms with Gasteiger partial charge < -0.3 is 15.8 Å². The fourth-order valence-electron chi connectivity index (χ4n) is 2.41. The molecule has 2 rings (SSSR count). The smallest absolute Gasteiger partial charge is 0.123 e. The number of nitrogens with zero attached hydrogens (tertiary/aromatic N) is 1. The Bertz CT molecular complexity index is 418. The molecular formula is C16H27N3O. The molecule has 0 aliphatic heterocycles. The Labute approximate surface area is 122 Å². The van der Waals surface area contributed by atoms with Gasteiger partial charge in [0.25, 0.3) is 0 Å². The molecule has 20 heavy (non-hydrogen) atoms. The molecule has 3 N–H and O–H groups in total. The van der Waals surface area contributed by atoms with E-state index >= 15 is 0 Å². The van der Waals surface area contributed by atoms with Gasteiger partial charge in [-0.05, 0) is 31.9 Å². The molecular weight excluding hydrogens is 250 g/mol. The molecule has 0 radical (unpaired) electrons. The standard InChI is InChI=1S/C16H27N3O/c1-3-9-20-16-11-13(17)10-14(12-16)18-7-8-19(4-2)15-5-6-15/h10-12,15,18H,3-9,17H2,1-2H3. The highest BCUT2D eigenvalue weighted by atomic mass is 16.5. The van der Waals surface area contributed by atoms with Crippen LogP contribution in [0.5, 0.6) is 5.75 Å². The van der Waals surface area contributed by atoms with Crippen LogP contribution in [0.15, 0.2) is 18.2 Å². The maximum Gasteiger partial charge on any atom is 0.123 e. The van der Waals surface area contributed by atoms with Crippen LogP contribution in [0.25, 0.3) is 0 Å². The van der Waals surface area contributed by atoms with Crippen molar-refractivity contribution in [3.8, 4) is 5.75 Å². The third-order valence-electron chi connectivity index (χ3n) is 3.60. The molecule has 1 aliphatic rings. The molecule has 4 heteroatoms. The van der Waals surface area contributed by atoms with E-state index in [0.29, 0.717) is 0 Å². The zero-order valence-corrected chi connectivity index (χ0v) is 12.7. The van der Waals surface area contributed by atoms with Gasteiger partial charge in [0.2, 0.25) is 0 Å². The van der Waals surface area contributed by atoms with E-state index in [0.717, 1.165) is 55.8 Å². The topological polar surface area (TPSA) is 50.5 Å². The van der Waals surface area contributed by atoms with Gasteiger partial charge in [-0.1, -0.05) is 13.8 Å². The third-order valence-corrected chi connectivity index (χ3v) is 3.60. The van der Waals surface area contributed by atoms with Crippen LogP contribution < -0.4 is 15.8 Å². The first-order chi connectivity index (χ1) is 9.72. The van der Waals surface area contributed by atoms with Crippen LogP contribution in [0.2, 0.25) is 0 Å². The van der Waals surface area contributed by atoms with Crippen LogP contribution in [0.4, 0.5) is 11.4 Å². The quantitative estimate of drug-likeness (QED) is 0.681. The molecule has 0 saturated heterocycles. The minimum Gasteiger partial charge on any atom is -0.493 e. The summed E-state index contributed by atoms with van der Waals surface area (Å²) in [6, 6.07) is 6.70. The van der Waals surface area contributed by atoms with Gasteiger partial charge in [-0.25, -0.2) is 0 Å². The van der Waals surface area contributed by atoms with Gasteiger partial charge in [-0.2, -0.15) is 0 Å². The Morgan fingerprint density at radius 2 is 2.10 bits per heavy atom. The number of nitrogen functional groups attached to an aromatic ring is 1. The predicted octanol–water partition coefficient (Wildman–Crippen LogP) is 2.95. The first-order valence-electron chi connectivity index (χ1n) is 7.74. The maximum absolute atomic E-state index is 5.92. The molecule has 0 atom stereocenters. The Balaban J connectivity index is 1.83. The lowest BCUT2D eigenvalue weighted by Crippen LogP contribution is -2.30. The normalized spacial score (nSPS) is 14.6. The van der Waals surface area contributed by atoms with Crippen LogP contribution >= 0.6 is 0 Å². The van der Waals surface area contributed by atoms with E-state index in [1.165, 1.54) is 12.8 Å². The number of hydrogen-bond acceptors (Lipinski definition) is 4. The highest BCUT2D eigenvalue weighted by molar-refractivity contribution is 5.59. The predicted molar refractivity (Wildman–Crippen MR) is 85.4 cm³/mol. The number of likely N-dealkylation sites (N-methyl/N-ethyl adjacent to an activating group) is 1. The van der Waals surface area contributed by atoms with E-state index in [1.54, 1.807) is 0 Å². The number of benzene rings is 1. The summed E-state index contributed by atoms with van der Waals surface area (Å²) in [4.78, 5) is 2.54. The molecule has 0 unspecified atom stereocenters. The summed E-state index contributed by atoms with van der Waals surface area (Å²) in [6.07, 6.45) is 3.73. The number of ether oxygens (including phenoxy) is 1. The van der Waals surface area contributed by atoms with Crippen LogP contribution in [0.1, 0.15) is 33.1 Å². The van der Waals surface area contributed by atoms with E-state index in [4.69, 9.17) is 10.5 Å². The molecule has 112 valence electrons. The number of nitrogens with one attached hydrogen (secondary N) is 1. The Morgan fingerprint density at radius 1 is 1.30 bits per heavy atom. The molecule has 1 aromatic rings. The minimum absolute atomic E-state index is 0.730. The SMILES string of the molecule is CCCOc1cc(N)cc(NCCN(CC)C2CC2)c1. The van der Waals surface area contributed by atoms with Crippen molar-refractivity contribution in [2.75, 3.05) is 37.3 Å². The number of hydrogen-bond donors (Lipinski definition) is 2. The van der Waals surface area contributed by atoms with E-state index in [1.807, 2.05) is 18.2 Å². The Hall–Kier alpha value is -1.42. The molecule has 4 nitrogen and oxygen atoms in total. The molecule has 1 aliphatic carbocycles. The van der Waals surface area contributed by atoms with Gasteiger partial charge >= 0.3 is 0 Å². The van der Waals surface area contributed by atoms with Gasteiger partial charge in [-0.3, -0.25) is 4.90 Å². The molecule has 1 saturated carbocycles. The van der Waals surface area contributed by atoms with Crippen molar-refractivity contribution in [2.45, 2.75) is 39.2 Å². The van der Waals surface area contributed by atoms with Crippen molar-refractivity contribution >= 4 is 11.4 Å². The van der Waals surface area contributed by atoms with Gasteiger partial charge in [0.15, 0.2) is 0 Å². The zero-order valence-electron chi connectivity index (χ0n) is 12.7. The first kappa shape index (κ1) is 15.0. The summed E-state index contributed by atoms with van der Waals surface area (Å²) >= 11 is 0. The van der Waals surface area contributed by atoms with Crippen LogP contribution in [-0.4, -0.2) is 37.2 Å². The molecule has 1 aromatic carbocycles. The monoisotopic (exact) mass is 277 g/mol. The van der Waals surface area contributed by atoms with Crippen molar-refractivity contribution in [2.24, 2.45) is 0 Å². The second-order valence-corrected chi connectivity index (χ2v) is 5.43. The summed E-state index contributed by atoms with van der Waals surface area (Å²) in [5.41, 5.74) is 7.71. The second-order valence-electron chi connectivity index (χ2n) is 5.43. The molecule has 0 heterocycles. The van der Waals surface area contributed by atoms with Crippen LogP contribution in [0, 0.1) is 0 Å². The van der Waals surface area contributed by atoms with Gasteiger partial charge in [0.05, 0.1) is 6.61 Å². The lowest BCUT2D eigenvalue weighted by atomic mass is 10.2. The Kier molecular flexibility index (Phi) is 5.53. The van der Waals surface area contributed by atoms with Crippen molar-refractivity contribution in [3.05, 3.63) is 18.2 Å². The summed E-state index contributed by atoms with van der Waals surface area (Å²) < 4.78 is 5.64. The number of rotatable bonds is 9. The van der Waals surface area contributed by atoms with Crippen molar-refractivity contribution in [3.63, 3.8) is 0 Å². The van der Waals surface area contributed by atoms with Crippen molar-refractivity contribution < 1.29 is 4.74 Å². The largest absolute Gasteiger partial charge is 0.493 e. The summed E-state index contributed by atoms with van der Waals surface area (Å²) in [6.45, 7) is 8.22. The molecule has 0 amide bonds. The van der Waals surface area contributed by atoms with E-state index in [2.05, 4.69) is 24.1 Å². The van der Waals surface area contributed by atoms with Gasteiger partial charge in [0.1, 0.15) is 5.75 Å². The van der Waals surface area contributed by atoms with Crippen molar-refractivity contribution in [1.82, 2.24) is 4.90 Å². The molecule has 1 fully saturated rings. The van der Waals surface area contributed by atoms with Crippen LogP contribution in [0.3, 0.4) is 0 Å². The zero-order chi connectivity index (χ0) is 14.4. The first-order valence-corrected chi connectivity index (χ1v) is 7.74. The van der Waals surface area contributed by atoms with E-state index in [9.17, 15) is 0 Å². The average Bonchev–Trinajstić information content (AvgIpc) is 3.25. The fraction of sp³-hybridized carbons (Fsp3) is 0.625. The van der Waals surface area contributed by atoms with E-state index in [-0.39, 0.29) is 0 Å². The fourth-order valence-corrected chi connectivity index (χ4v) is 2.41. The summed E-state index contributed by atoms with van der Waals surface area (Å²) in [7, 11) is 0. The highest BCUT2D eigenvalue weighted by Crippen LogP contribution is 2.26. The molecule has 0 spiro atoms. The van der Waals surface area contributed by atoms with Crippen LogP contribution in [-0.2, 0) is 0 Å². The maximum atomic E-state index is 5.92. The third kappa shape index (κ3) is 4.60.